The molecule has 0 fully saturated rings. The van der Waals surface area contributed by atoms with Crippen LogP contribution in [0.2, 0.25) is 0 Å². The lowest BCUT2D eigenvalue weighted by molar-refractivity contribution is -0.143. The number of para-hydroxylation sites is 1. The van der Waals surface area contributed by atoms with E-state index in [9.17, 15) is 9.59 Å². The second kappa shape index (κ2) is 9.42. The fourth-order valence-electron chi connectivity index (χ4n) is 2.51. The van der Waals surface area contributed by atoms with Crippen LogP contribution >= 0.6 is 0 Å². The summed E-state index contributed by atoms with van der Waals surface area (Å²) in [6, 6.07) is 17.4. The van der Waals surface area contributed by atoms with E-state index in [2.05, 4.69) is 5.32 Å². The maximum atomic E-state index is 12.5. The standard InChI is InChI=1S/C21H24N2O3/c1-4-8-21(25)26-15-20(24)23(16(2)3)19-13-11-18(12-14-19)22-17-9-6-5-7-10-17/h4-14,16,22H,15H2,1-3H3/b8-4+. The number of rotatable bonds is 7. The molecule has 2 aromatic rings. The van der Waals surface area contributed by atoms with Crippen molar-refractivity contribution >= 4 is 28.9 Å². The van der Waals surface area contributed by atoms with Gasteiger partial charge < -0.3 is 15.0 Å². The molecule has 26 heavy (non-hydrogen) atoms. The summed E-state index contributed by atoms with van der Waals surface area (Å²) in [5.74, 6) is -0.784. The van der Waals surface area contributed by atoms with E-state index in [0.29, 0.717) is 0 Å². The van der Waals surface area contributed by atoms with E-state index < -0.39 is 5.97 Å². The molecule has 0 bridgehead atoms. The van der Waals surface area contributed by atoms with Gasteiger partial charge in [0.05, 0.1) is 0 Å². The Morgan fingerprint density at radius 2 is 1.65 bits per heavy atom. The van der Waals surface area contributed by atoms with Crippen LogP contribution in [-0.4, -0.2) is 24.5 Å². The highest BCUT2D eigenvalue weighted by atomic mass is 16.5. The number of hydrogen-bond acceptors (Lipinski definition) is 4. The van der Waals surface area contributed by atoms with Gasteiger partial charge >= 0.3 is 5.97 Å². The zero-order valence-electron chi connectivity index (χ0n) is 15.3. The highest BCUT2D eigenvalue weighted by molar-refractivity contribution is 5.96. The first-order chi connectivity index (χ1) is 12.5. The molecule has 5 nitrogen and oxygen atoms in total. The van der Waals surface area contributed by atoms with Gasteiger partial charge in [0.15, 0.2) is 6.61 Å². The van der Waals surface area contributed by atoms with Crippen LogP contribution in [0.25, 0.3) is 0 Å². The molecule has 0 aliphatic carbocycles. The number of benzene rings is 2. The van der Waals surface area contributed by atoms with E-state index in [1.807, 2.05) is 68.4 Å². The van der Waals surface area contributed by atoms with Crippen LogP contribution in [0.4, 0.5) is 17.1 Å². The lowest BCUT2D eigenvalue weighted by Gasteiger charge is -2.27. The number of esters is 1. The van der Waals surface area contributed by atoms with Gasteiger partial charge in [-0.1, -0.05) is 24.3 Å². The number of nitrogens with zero attached hydrogens (tertiary/aromatic N) is 1. The minimum absolute atomic E-state index is 0.0594. The Morgan fingerprint density at radius 1 is 1.04 bits per heavy atom. The topological polar surface area (TPSA) is 58.6 Å². The molecule has 0 spiro atoms. The molecule has 2 aromatic carbocycles. The van der Waals surface area contributed by atoms with Crippen molar-refractivity contribution in [1.29, 1.82) is 0 Å². The number of allylic oxidation sites excluding steroid dienone is 1. The fraction of sp³-hybridized carbons (Fsp3) is 0.238. The normalized spacial score (nSPS) is 10.8. The minimum atomic E-state index is -0.521. The molecule has 0 heterocycles. The molecule has 0 atom stereocenters. The maximum Gasteiger partial charge on any atom is 0.330 e. The average molecular weight is 352 g/mol. The van der Waals surface area contributed by atoms with E-state index in [1.165, 1.54) is 6.08 Å². The Labute approximate surface area is 154 Å². The number of anilines is 3. The van der Waals surface area contributed by atoms with Crippen LogP contribution in [0, 0.1) is 0 Å². The van der Waals surface area contributed by atoms with Crippen LogP contribution in [0.1, 0.15) is 20.8 Å². The van der Waals surface area contributed by atoms with Crippen molar-refractivity contribution in [2.75, 3.05) is 16.8 Å². The molecule has 5 heteroatoms. The summed E-state index contributed by atoms with van der Waals surface area (Å²) in [6.07, 6.45) is 2.86. The van der Waals surface area contributed by atoms with Gasteiger partial charge in [0.1, 0.15) is 0 Å². The fourth-order valence-corrected chi connectivity index (χ4v) is 2.51. The molecule has 2 rings (SSSR count). The summed E-state index contributed by atoms with van der Waals surface area (Å²) in [7, 11) is 0. The minimum Gasteiger partial charge on any atom is -0.452 e. The number of carbonyl (C=O) groups excluding carboxylic acids is 2. The molecule has 0 radical (unpaired) electrons. The Morgan fingerprint density at radius 3 is 2.23 bits per heavy atom. The van der Waals surface area contributed by atoms with Gasteiger partial charge in [-0.05, 0) is 57.2 Å². The van der Waals surface area contributed by atoms with Crippen molar-refractivity contribution in [2.45, 2.75) is 26.8 Å². The molecule has 0 unspecified atom stereocenters. The number of amides is 1. The molecule has 0 aromatic heterocycles. The molecular formula is C21H24N2O3. The van der Waals surface area contributed by atoms with Crippen LogP contribution < -0.4 is 10.2 Å². The van der Waals surface area contributed by atoms with Gasteiger partial charge in [0.2, 0.25) is 0 Å². The van der Waals surface area contributed by atoms with Gasteiger partial charge in [-0.3, -0.25) is 4.79 Å². The maximum absolute atomic E-state index is 12.5. The summed E-state index contributed by atoms with van der Waals surface area (Å²) in [6.45, 7) is 5.27. The van der Waals surface area contributed by atoms with E-state index in [4.69, 9.17) is 4.74 Å². The Bertz CT molecular complexity index is 753. The number of nitrogens with one attached hydrogen (secondary N) is 1. The predicted octanol–water partition coefficient (Wildman–Crippen LogP) is 4.29. The first-order valence-corrected chi connectivity index (χ1v) is 8.55. The van der Waals surface area contributed by atoms with Gasteiger partial charge in [-0.2, -0.15) is 0 Å². The molecular weight excluding hydrogens is 328 g/mol. The summed E-state index contributed by atoms with van der Waals surface area (Å²) in [4.78, 5) is 25.5. The van der Waals surface area contributed by atoms with E-state index >= 15 is 0 Å². The molecule has 0 aliphatic heterocycles. The third-order valence-corrected chi connectivity index (χ3v) is 3.63. The van der Waals surface area contributed by atoms with Crippen molar-refractivity contribution < 1.29 is 14.3 Å². The first kappa shape index (κ1) is 19.2. The lowest BCUT2D eigenvalue weighted by atomic mass is 10.2. The third-order valence-electron chi connectivity index (χ3n) is 3.63. The Hall–Kier alpha value is -3.08. The molecule has 0 saturated carbocycles. The zero-order chi connectivity index (χ0) is 18.9. The van der Waals surface area contributed by atoms with Crippen LogP contribution in [0.5, 0.6) is 0 Å². The zero-order valence-corrected chi connectivity index (χ0v) is 15.3. The van der Waals surface area contributed by atoms with Gasteiger partial charge in [0.25, 0.3) is 5.91 Å². The summed E-state index contributed by atoms with van der Waals surface area (Å²) >= 11 is 0. The summed E-state index contributed by atoms with van der Waals surface area (Å²) in [5, 5.41) is 3.30. The number of ether oxygens (including phenoxy) is 1. The van der Waals surface area contributed by atoms with Crippen molar-refractivity contribution in [3.63, 3.8) is 0 Å². The lowest BCUT2D eigenvalue weighted by Crippen LogP contribution is -2.39. The smallest absolute Gasteiger partial charge is 0.330 e. The third kappa shape index (κ3) is 5.48. The average Bonchev–Trinajstić information content (AvgIpc) is 2.62. The largest absolute Gasteiger partial charge is 0.452 e. The van der Waals surface area contributed by atoms with E-state index in [0.717, 1.165) is 17.1 Å². The monoisotopic (exact) mass is 352 g/mol. The van der Waals surface area contributed by atoms with Crippen molar-refractivity contribution in [1.82, 2.24) is 0 Å². The first-order valence-electron chi connectivity index (χ1n) is 8.55. The van der Waals surface area contributed by atoms with Crippen LogP contribution in [0.15, 0.2) is 66.7 Å². The van der Waals surface area contributed by atoms with Gasteiger partial charge in [-0.15, -0.1) is 0 Å². The van der Waals surface area contributed by atoms with Gasteiger partial charge in [0, 0.05) is 29.2 Å². The molecule has 1 N–H and O–H groups in total. The Kier molecular flexibility index (Phi) is 6.97. The van der Waals surface area contributed by atoms with E-state index in [-0.39, 0.29) is 18.6 Å². The molecule has 0 saturated heterocycles. The molecule has 0 aliphatic rings. The second-order valence-electron chi connectivity index (χ2n) is 6.00. The van der Waals surface area contributed by atoms with Crippen molar-refractivity contribution in [3.8, 4) is 0 Å². The highest BCUT2D eigenvalue weighted by Gasteiger charge is 2.20. The second-order valence-corrected chi connectivity index (χ2v) is 6.00. The summed E-state index contributed by atoms with van der Waals surface area (Å²) < 4.78 is 4.97. The highest BCUT2D eigenvalue weighted by Crippen LogP contribution is 2.22. The van der Waals surface area contributed by atoms with Gasteiger partial charge in [-0.25, -0.2) is 4.79 Å². The van der Waals surface area contributed by atoms with Crippen molar-refractivity contribution in [2.24, 2.45) is 0 Å². The molecule has 1 amide bonds. The van der Waals surface area contributed by atoms with E-state index in [1.54, 1.807) is 17.9 Å². The summed E-state index contributed by atoms with van der Waals surface area (Å²) in [5.41, 5.74) is 2.68. The number of hydrogen-bond donors (Lipinski definition) is 1. The SMILES string of the molecule is C/C=C/C(=O)OCC(=O)N(c1ccc(Nc2ccccc2)cc1)C(C)C. The van der Waals surface area contributed by atoms with Crippen LogP contribution in [0.3, 0.4) is 0 Å². The van der Waals surface area contributed by atoms with Crippen molar-refractivity contribution in [3.05, 3.63) is 66.7 Å². The molecule has 136 valence electrons. The quantitative estimate of drug-likeness (QED) is 0.596. The predicted molar refractivity (Wildman–Crippen MR) is 105 cm³/mol. The Balaban J connectivity index is 2.07. The van der Waals surface area contributed by atoms with Crippen LogP contribution in [-0.2, 0) is 14.3 Å². The number of carbonyl (C=O) groups is 2.